The molecule has 0 saturated heterocycles. The van der Waals surface area contributed by atoms with Crippen LogP contribution in [0.15, 0.2) is 83.8 Å². The standard InChI is InChI=1S/C24H20ClN3O3S/c1-17-26-22-13-11-18(15-23(22)28(17)16-19-7-5-6-10-21(19)25)12-14-24(29)27-32(30,31)20-8-3-2-4-9-20/h2-15H,16H2,1H3,(H,27,29)/b14-12+. The number of sulfonamides is 1. The highest BCUT2D eigenvalue weighted by Crippen LogP contribution is 2.23. The van der Waals surface area contributed by atoms with Gasteiger partial charge in [0.25, 0.3) is 15.9 Å². The van der Waals surface area contributed by atoms with Crippen molar-refractivity contribution in [2.24, 2.45) is 0 Å². The molecule has 32 heavy (non-hydrogen) atoms. The number of halogens is 1. The number of rotatable bonds is 6. The fourth-order valence-electron chi connectivity index (χ4n) is 3.36. The Morgan fingerprint density at radius 1 is 1.06 bits per heavy atom. The second-order valence-electron chi connectivity index (χ2n) is 7.20. The molecule has 0 saturated carbocycles. The molecule has 0 aliphatic rings. The van der Waals surface area contributed by atoms with Crippen molar-refractivity contribution >= 4 is 44.6 Å². The second kappa shape index (κ2) is 8.98. The number of fused-ring (bicyclic) bond motifs is 1. The van der Waals surface area contributed by atoms with E-state index in [1.807, 2.05) is 58.7 Å². The number of aryl methyl sites for hydroxylation is 1. The molecule has 1 aromatic heterocycles. The molecule has 0 spiro atoms. The second-order valence-corrected chi connectivity index (χ2v) is 9.29. The van der Waals surface area contributed by atoms with Gasteiger partial charge < -0.3 is 4.57 Å². The van der Waals surface area contributed by atoms with E-state index in [-0.39, 0.29) is 4.90 Å². The van der Waals surface area contributed by atoms with Gasteiger partial charge in [0.05, 0.1) is 22.5 Å². The Hall–Kier alpha value is -3.42. The summed E-state index contributed by atoms with van der Waals surface area (Å²) in [6, 6.07) is 21.0. The van der Waals surface area contributed by atoms with Gasteiger partial charge in [-0.25, -0.2) is 18.1 Å². The van der Waals surface area contributed by atoms with E-state index in [0.717, 1.165) is 28.0 Å². The van der Waals surface area contributed by atoms with Gasteiger partial charge in [-0.1, -0.05) is 54.1 Å². The lowest BCUT2D eigenvalue weighted by Gasteiger charge is -2.09. The molecule has 8 heteroatoms. The Morgan fingerprint density at radius 2 is 1.78 bits per heavy atom. The van der Waals surface area contributed by atoms with Gasteiger partial charge in [-0.15, -0.1) is 0 Å². The maximum atomic E-state index is 12.3. The van der Waals surface area contributed by atoms with Gasteiger partial charge in [-0.05, 0) is 54.5 Å². The third-order valence-corrected chi connectivity index (χ3v) is 6.70. The normalized spacial score (nSPS) is 11.8. The van der Waals surface area contributed by atoms with Crippen molar-refractivity contribution in [3.63, 3.8) is 0 Å². The molecule has 0 fully saturated rings. The van der Waals surface area contributed by atoms with Crippen LogP contribution in [0, 0.1) is 6.92 Å². The number of nitrogens with zero attached hydrogens (tertiary/aromatic N) is 2. The molecule has 0 aliphatic carbocycles. The zero-order valence-corrected chi connectivity index (χ0v) is 18.8. The molecule has 4 rings (SSSR count). The number of hydrogen-bond donors (Lipinski definition) is 1. The van der Waals surface area contributed by atoms with Gasteiger partial charge in [0.15, 0.2) is 0 Å². The predicted octanol–water partition coefficient (Wildman–Crippen LogP) is 4.56. The average molecular weight is 466 g/mol. The van der Waals surface area contributed by atoms with Crippen LogP contribution in [0.25, 0.3) is 17.1 Å². The molecule has 1 amide bonds. The van der Waals surface area contributed by atoms with Gasteiger partial charge >= 0.3 is 0 Å². The third-order valence-electron chi connectivity index (χ3n) is 4.97. The van der Waals surface area contributed by atoms with Crippen LogP contribution in [0.3, 0.4) is 0 Å². The first-order valence-corrected chi connectivity index (χ1v) is 11.7. The first-order chi connectivity index (χ1) is 15.3. The van der Waals surface area contributed by atoms with Gasteiger partial charge in [0, 0.05) is 11.1 Å². The van der Waals surface area contributed by atoms with Crippen molar-refractivity contribution in [3.8, 4) is 0 Å². The lowest BCUT2D eigenvalue weighted by molar-refractivity contribution is -0.114. The molecular formula is C24H20ClN3O3S. The molecule has 0 aliphatic heterocycles. The van der Waals surface area contributed by atoms with E-state index in [4.69, 9.17) is 11.6 Å². The number of carbonyl (C=O) groups excluding carboxylic acids is 1. The average Bonchev–Trinajstić information content (AvgIpc) is 3.08. The Morgan fingerprint density at radius 3 is 2.53 bits per heavy atom. The largest absolute Gasteiger partial charge is 0.324 e. The Labute approximate surface area is 191 Å². The zero-order chi connectivity index (χ0) is 22.7. The summed E-state index contributed by atoms with van der Waals surface area (Å²) in [5.74, 6) is 0.113. The van der Waals surface area contributed by atoms with Crippen LogP contribution in [-0.4, -0.2) is 23.9 Å². The smallest absolute Gasteiger partial charge is 0.264 e. The summed E-state index contributed by atoms with van der Waals surface area (Å²) in [5, 5.41) is 0.682. The number of benzene rings is 3. The van der Waals surface area contributed by atoms with Crippen LogP contribution in [0.1, 0.15) is 17.0 Å². The molecule has 0 radical (unpaired) electrons. The molecule has 0 bridgehead atoms. The van der Waals surface area contributed by atoms with Crippen molar-refractivity contribution in [1.82, 2.24) is 14.3 Å². The summed E-state index contributed by atoms with van der Waals surface area (Å²) >= 11 is 6.32. The van der Waals surface area contributed by atoms with Crippen LogP contribution in [0.2, 0.25) is 5.02 Å². The minimum absolute atomic E-state index is 0.0297. The predicted molar refractivity (Wildman–Crippen MR) is 126 cm³/mol. The van der Waals surface area contributed by atoms with E-state index >= 15 is 0 Å². The number of imidazole rings is 1. The van der Waals surface area contributed by atoms with E-state index in [1.165, 1.54) is 18.2 Å². The van der Waals surface area contributed by atoms with Crippen LogP contribution in [0.4, 0.5) is 0 Å². The van der Waals surface area contributed by atoms with E-state index in [0.29, 0.717) is 11.6 Å². The molecule has 3 aromatic carbocycles. The van der Waals surface area contributed by atoms with Gasteiger partial charge in [0.1, 0.15) is 5.82 Å². The molecule has 1 N–H and O–H groups in total. The maximum Gasteiger partial charge on any atom is 0.264 e. The number of hydrogen-bond acceptors (Lipinski definition) is 4. The third kappa shape index (κ3) is 4.74. The quantitative estimate of drug-likeness (QED) is 0.423. The molecule has 0 unspecified atom stereocenters. The lowest BCUT2D eigenvalue weighted by Crippen LogP contribution is -2.28. The van der Waals surface area contributed by atoms with E-state index in [9.17, 15) is 13.2 Å². The van der Waals surface area contributed by atoms with Crippen molar-refractivity contribution < 1.29 is 13.2 Å². The first kappa shape index (κ1) is 21.8. The first-order valence-electron chi connectivity index (χ1n) is 9.84. The molecule has 6 nitrogen and oxygen atoms in total. The summed E-state index contributed by atoms with van der Waals surface area (Å²) in [4.78, 5) is 16.8. The summed E-state index contributed by atoms with van der Waals surface area (Å²) in [6.45, 7) is 2.49. The minimum Gasteiger partial charge on any atom is -0.324 e. The summed E-state index contributed by atoms with van der Waals surface area (Å²) in [6.07, 6.45) is 2.76. The molecular weight excluding hydrogens is 446 g/mol. The SMILES string of the molecule is Cc1nc2ccc(/C=C/C(=O)NS(=O)(=O)c3ccccc3)cc2n1Cc1ccccc1Cl. The molecule has 0 atom stereocenters. The number of amides is 1. The monoisotopic (exact) mass is 465 g/mol. The lowest BCUT2D eigenvalue weighted by atomic mass is 10.1. The fourth-order valence-corrected chi connectivity index (χ4v) is 4.52. The minimum atomic E-state index is -3.92. The van der Waals surface area contributed by atoms with Gasteiger partial charge in [0.2, 0.25) is 0 Å². The Kier molecular flexibility index (Phi) is 6.12. The number of carbonyl (C=O) groups is 1. The van der Waals surface area contributed by atoms with E-state index < -0.39 is 15.9 Å². The van der Waals surface area contributed by atoms with Crippen LogP contribution in [-0.2, 0) is 21.4 Å². The van der Waals surface area contributed by atoms with Gasteiger partial charge in [-0.2, -0.15) is 0 Å². The summed E-state index contributed by atoms with van der Waals surface area (Å²) < 4.78 is 28.7. The highest BCUT2D eigenvalue weighted by atomic mass is 35.5. The van der Waals surface area contributed by atoms with E-state index in [2.05, 4.69) is 4.98 Å². The van der Waals surface area contributed by atoms with Gasteiger partial charge in [-0.3, -0.25) is 4.79 Å². The number of nitrogens with one attached hydrogen (secondary N) is 1. The summed E-state index contributed by atoms with van der Waals surface area (Å²) in [5.41, 5.74) is 3.43. The maximum absolute atomic E-state index is 12.3. The molecule has 4 aromatic rings. The van der Waals surface area contributed by atoms with Crippen LogP contribution >= 0.6 is 11.6 Å². The number of aromatic nitrogens is 2. The summed E-state index contributed by atoms with van der Waals surface area (Å²) in [7, 11) is -3.92. The fraction of sp³-hybridized carbons (Fsp3) is 0.0833. The van der Waals surface area contributed by atoms with Crippen LogP contribution < -0.4 is 4.72 Å². The highest BCUT2D eigenvalue weighted by molar-refractivity contribution is 7.90. The zero-order valence-electron chi connectivity index (χ0n) is 17.2. The topological polar surface area (TPSA) is 81.1 Å². The van der Waals surface area contributed by atoms with Crippen molar-refractivity contribution in [2.45, 2.75) is 18.4 Å². The van der Waals surface area contributed by atoms with Crippen molar-refractivity contribution in [1.29, 1.82) is 0 Å². The molecule has 162 valence electrons. The Bertz CT molecular complexity index is 1430. The van der Waals surface area contributed by atoms with Crippen molar-refractivity contribution in [2.75, 3.05) is 0 Å². The highest BCUT2D eigenvalue weighted by Gasteiger charge is 2.15. The van der Waals surface area contributed by atoms with Crippen molar-refractivity contribution in [3.05, 3.63) is 101 Å². The molecule has 1 heterocycles. The van der Waals surface area contributed by atoms with Crippen LogP contribution in [0.5, 0.6) is 0 Å². The Balaban J connectivity index is 1.57. The van der Waals surface area contributed by atoms with E-state index in [1.54, 1.807) is 24.3 Å².